The first kappa shape index (κ1) is 15.7. The van der Waals surface area contributed by atoms with E-state index >= 15 is 0 Å². The summed E-state index contributed by atoms with van der Waals surface area (Å²) in [6.45, 7) is -1.10. The van der Waals surface area contributed by atoms with Crippen LogP contribution in [0.1, 0.15) is 18.5 Å². The van der Waals surface area contributed by atoms with Crippen LogP contribution in [0.5, 0.6) is 5.75 Å². The molecule has 0 bridgehead atoms. The van der Waals surface area contributed by atoms with Crippen molar-refractivity contribution >= 4 is 21.6 Å². The lowest BCUT2D eigenvalue weighted by Crippen LogP contribution is -2.11. The Kier molecular flexibility index (Phi) is 5.12. The van der Waals surface area contributed by atoms with Crippen molar-refractivity contribution in [2.75, 3.05) is 5.32 Å². The minimum Gasteiger partial charge on any atom is -0.434 e. The zero-order chi connectivity index (χ0) is 15.4. The van der Waals surface area contributed by atoms with Crippen molar-refractivity contribution in [3.63, 3.8) is 0 Å². The van der Waals surface area contributed by atoms with Crippen LogP contribution in [-0.4, -0.2) is 6.61 Å². The van der Waals surface area contributed by atoms with Gasteiger partial charge in [-0.2, -0.15) is 8.78 Å². The van der Waals surface area contributed by atoms with Crippen LogP contribution in [-0.2, 0) is 0 Å². The van der Waals surface area contributed by atoms with E-state index in [9.17, 15) is 13.2 Å². The van der Waals surface area contributed by atoms with Crippen molar-refractivity contribution in [1.82, 2.24) is 0 Å². The molecule has 0 aliphatic rings. The average Bonchev–Trinajstić information content (AvgIpc) is 2.43. The van der Waals surface area contributed by atoms with Gasteiger partial charge in [-0.3, -0.25) is 0 Å². The molecule has 0 heterocycles. The van der Waals surface area contributed by atoms with Gasteiger partial charge in [0, 0.05) is 11.3 Å². The molecule has 0 aliphatic heterocycles. The summed E-state index contributed by atoms with van der Waals surface area (Å²) in [4.78, 5) is 0. The maximum Gasteiger partial charge on any atom is 0.387 e. The molecule has 0 saturated heterocycles. The highest BCUT2D eigenvalue weighted by molar-refractivity contribution is 9.10. The summed E-state index contributed by atoms with van der Waals surface area (Å²) in [6, 6.07) is 10.8. The molecule has 21 heavy (non-hydrogen) atoms. The minimum atomic E-state index is -2.89. The van der Waals surface area contributed by atoms with E-state index in [4.69, 9.17) is 0 Å². The van der Waals surface area contributed by atoms with Crippen LogP contribution in [0.15, 0.2) is 46.9 Å². The topological polar surface area (TPSA) is 21.3 Å². The summed E-state index contributed by atoms with van der Waals surface area (Å²) in [5.41, 5.74) is 1.12. The first-order chi connectivity index (χ1) is 9.97. The molecule has 0 fully saturated rings. The number of hydrogen-bond acceptors (Lipinski definition) is 2. The summed E-state index contributed by atoms with van der Waals surface area (Å²) in [5, 5.41) is 3.05. The number of alkyl halides is 2. The van der Waals surface area contributed by atoms with E-state index in [1.165, 1.54) is 12.1 Å². The molecule has 6 heteroatoms. The minimum absolute atomic E-state index is 0.102. The van der Waals surface area contributed by atoms with Crippen LogP contribution in [0.25, 0.3) is 0 Å². The number of anilines is 1. The molecule has 2 nitrogen and oxygen atoms in total. The van der Waals surface area contributed by atoms with Crippen molar-refractivity contribution in [3.05, 3.63) is 58.3 Å². The van der Waals surface area contributed by atoms with E-state index in [1.54, 1.807) is 37.3 Å². The Balaban J connectivity index is 2.19. The van der Waals surface area contributed by atoms with Gasteiger partial charge in [0.1, 0.15) is 11.6 Å². The van der Waals surface area contributed by atoms with Crippen LogP contribution >= 0.6 is 15.9 Å². The van der Waals surface area contributed by atoms with Gasteiger partial charge in [-0.05, 0) is 47.1 Å². The lowest BCUT2D eigenvalue weighted by Gasteiger charge is -2.19. The van der Waals surface area contributed by atoms with Gasteiger partial charge in [-0.1, -0.05) is 18.2 Å². The largest absolute Gasteiger partial charge is 0.434 e. The predicted octanol–water partition coefficient (Wildman–Crippen LogP) is 5.36. The summed E-state index contributed by atoms with van der Waals surface area (Å²) in [7, 11) is 0. The van der Waals surface area contributed by atoms with Crippen molar-refractivity contribution in [3.8, 4) is 5.75 Å². The van der Waals surface area contributed by atoms with E-state index < -0.39 is 12.4 Å². The van der Waals surface area contributed by atoms with Gasteiger partial charge in [-0.15, -0.1) is 0 Å². The Hall–Kier alpha value is -1.69. The summed E-state index contributed by atoms with van der Waals surface area (Å²) < 4.78 is 43.1. The third-order valence-electron chi connectivity index (χ3n) is 2.90. The quantitative estimate of drug-likeness (QED) is 0.775. The second-order valence-corrected chi connectivity index (χ2v) is 5.27. The molecule has 2 aromatic rings. The van der Waals surface area contributed by atoms with Gasteiger partial charge in [-0.25, -0.2) is 4.39 Å². The van der Waals surface area contributed by atoms with E-state index in [1.807, 2.05) is 0 Å². The normalized spacial score (nSPS) is 12.3. The Morgan fingerprint density at radius 2 is 1.86 bits per heavy atom. The fourth-order valence-electron chi connectivity index (χ4n) is 1.96. The second-order valence-electron chi connectivity index (χ2n) is 4.41. The molecule has 0 radical (unpaired) electrons. The lowest BCUT2D eigenvalue weighted by atomic mass is 10.1. The number of benzene rings is 2. The number of halogens is 4. The van der Waals surface area contributed by atoms with Gasteiger partial charge in [0.15, 0.2) is 0 Å². The summed E-state index contributed by atoms with van der Waals surface area (Å²) >= 11 is 3.07. The average molecular weight is 360 g/mol. The first-order valence-electron chi connectivity index (χ1n) is 6.22. The maximum absolute atomic E-state index is 13.5. The molecular weight excluding hydrogens is 347 g/mol. The fraction of sp³-hybridized carbons (Fsp3) is 0.200. The van der Waals surface area contributed by atoms with Crippen molar-refractivity contribution < 1.29 is 17.9 Å². The monoisotopic (exact) mass is 359 g/mol. The number of para-hydroxylation sites is 1. The highest BCUT2D eigenvalue weighted by Gasteiger charge is 2.14. The van der Waals surface area contributed by atoms with Crippen molar-refractivity contribution in [2.45, 2.75) is 19.6 Å². The van der Waals surface area contributed by atoms with Crippen LogP contribution in [0.3, 0.4) is 0 Å². The van der Waals surface area contributed by atoms with Gasteiger partial charge in [0.25, 0.3) is 0 Å². The lowest BCUT2D eigenvalue weighted by molar-refractivity contribution is -0.0505. The van der Waals surface area contributed by atoms with Crippen LogP contribution in [0, 0.1) is 5.82 Å². The van der Waals surface area contributed by atoms with Gasteiger partial charge in [0.05, 0.1) is 10.5 Å². The Morgan fingerprint density at radius 3 is 2.52 bits per heavy atom. The van der Waals surface area contributed by atoms with Crippen LogP contribution in [0.2, 0.25) is 0 Å². The molecule has 0 spiro atoms. The summed E-state index contributed by atoms with van der Waals surface area (Å²) in [6.07, 6.45) is 0. The molecule has 0 amide bonds. The third kappa shape index (κ3) is 4.14. The Morgan fingerprint density at radius 1 is 1.14 bits per heavy atom. The standard InChI is InChI=1S/C15H13BrF3NO/c1-9(20-10-6-7-12(16)13(17)8-10)11-4-2-3-5-14(11)21-15(18)19/h2-9,15,20H,1H3. The second kappa shape index (κ2) is 6.85. The number of ether oxygens (including phenoxy) is 1. The molecule has 2 aromatic carbocycles. The number of rotatable bonds is 5. The van der Waals surface area contributed by atoms with Crippen molar-refractivity contribution in [1.29, 1.82) is 0 Å². The molecule has 1 unspecified atom stereocenters. The van der Waals surface area contributed by atoms with Gasteiger partial charge >= 0.3 is 6.61 Å². The van der Waals surface area contributed by atoms with E-state index in [-0.39, 0.29) is 11.8 Å². The fourth-order valence-corrected chi connectivity index (χ4v) is 2.20. The molecule has 0 aliphatic carbocycles. The van der Waals surface area contributed by atoms with Crippen LogP contribution in [0.4, 0.5) is 18.9 Å². The predicted molar refractivity (Wildman–Crippen MR) is 79.2 cm³/mol. The third-order valence-corrected chi connectivity index (χ3v) is 3.55. The number of hydrogen-bond donors (Lipinski definition) is 1. The molecule has 0 aromatic heterocycles. The van der Waals surface area contributed by atoms with E-state index in [0.717, 1.165) is 0 Å². The molecular formula is C15H13BrF3NO. The molecule has 0 saturated carbocycles. The molecule has 1 atom stereocenters. The highest BCUT2D eigenvalue weighted by atomic mass is 79.9. The number of nitrogens with one attached hydrogen (secondary N) is 1. The highest BCUT2D eigenvalue weighted by Crippen LogP contribution is 2.29. The zero-order valence-electron chi connectivity index (χ0n) is 11.1. The Labute approximate surface area is 129 Å². The van der Waals surface area contributed by atoms with Crippen LogP contribution < -0.4 is 10.1 Å². The van der Waals surface area contributed by atoms with Crippen molar-refractivity contribution in [2.24, 2.45) is 0 Å². The SMILES string of the molecule is CC(Nc1ccc(Br)c(F)c1)c1ccccc1OC(F)F. The Bertz CT molecular complexity index is 622. The van der Waals surface area contributed by atoms with E-state index in [0.29, 0.717) is 15.7 Å². The zero-order valence-corrected chi connectivity index (χ0v) is 12.7. The first-order valence-corrected chi connectivity index (χ1v) is 7.02. The van der Waals surface area contributed by atoms with Gasteiger partial charge in [0.2, 0.25) is 0 Å². The van der Waals surface area contributed by atoms with E-state index in [2.05, 4.69) is 26.0 Å². The maximum atomic E-state index is 13.5. The molecule has 112 valence electrons. The molecule has 2 rings (SSSR count). The smallest absolute Gasteiger partial charge is 0.387 e. The molecule has 1 N–H and O–H groups in total. The van der Waals surface area contributed by atoms with Gasteiger partial charge < -0.3 is 10.1 Å². The summed E-state index contributed by atoms with van der Waals surface area (Å²) in [5.74, 6) is -0.297.